The van der Waals surface area contributed by atoms with Gasteiger partial charge in [0, 0.05) is 6.42 Å². The second kappa shape index (κ2) is 3.48. The first-order valence-corrected chi connectivity index (χ1v) is 7.45. The molecule has 0 spiro atoms. The molecule has 96 valence electrons. The Morgan fingerprint density at radius 1 is 0.824 bits per heavy atom. The molecule has 2 bridgehead atoms. The minimum absolute atomic E-state index is 0.451. The summed E-state index contributed by atoms with van der Waals surface area (Å²) in [7, 11) is 0. The first-order valence-electron chi connectivity index (χ1n) is 7.45. The van der Waals surface area contributed by atoms with E-state index in [4.69, 9.17) is 9.47 Å². The topological polar surface area (TPSA) is 21.8 Å². The lowest BCUT2D eigenvalue weighted by molar-refractivity contribution is -0.213. The maximum atomic E-state index is 5.97. The molecular weight excluding hydrogens is 212 g/mol. The van der Waals surface area contributed by atoms with E-state index in [0.717, 1.165) is 11.8 Å². The summed E-state index contributed by atoms with van der Waals surface area (Å²) in [5.41, 5.74) is 0.451. The molecule has 6 atom stereocenters. The lowest BCUT2D eigenvalue weighted by Crippen LogP contribution is -2.54. The van der Waals surface area contributed by atoms with Crippen LogP contribution in [0.3, 0.4) is 0 Å². The van der Waals surface area contributed by atoms with Crippen LogP contribution in [0.5, 0.6) is 0 Å². The molecule has 0 amide bonds. The van der Waals surface area contributed by atoms with Gasteiger partial charge in [0.2, 0.25) is 0 Å². The molecule has 2 nitrogen and oxygen atoms in total. The average Bonchev–Trinajstić information content (AvgIpc) is 3.05. The third kappa shape index (κ3) is 1.60. The van der Waals surface area contributed by atoms with Crippen molar-refractivity contribution >= 4 is 0 Å². The van der Waals surface area contributed by atoms with Crippen molar-refractivity contribution in [3.63, 3.8) is 0 Å². The van der Waals surface area contributed by atoms with Crippen LogP contribution in [0, 0.1) is 17.3 Å². The molecule has 0 aromatic heterocycles. The molecule has 5 fully saturated rings. The van der Waals surface area contributed by atoms with Crippen LogP contribution in [0.15, 0.2) is 0 Å². The molecule has 3 saturated heterocycles. The molecule has 17 heavy (non-hydrogen) atoms. The quantitative estimate of drug-likeness (QED) is 0.687. The summed E-state index contributed by atoms with van der Waals surface area (Å²) >= 11 is 0. The molecule has 3 aliphatic heterocycles. The number of epoxide rings is 1. The second-order valence-corrected chi connectivity index (χ2v) is 7.26. The molecule has 0 aromatic rings. The lowest BCUT2D eigenvalue weighted by atomic mass is 9.58. The summed E-state index contributed by atoms with van der Waals surface area (Å²) in [4.78, 5) is 0. The van der Waals surface area contributed by atoms with E-state index in [-0.39, 0.29) is 0 Å². The van der Waals surface area contributed by atoms with Crippen LogP contribution in [-0.4, -0.2) is 24.4 Å². The van der Waals surface area contributed by atoms with Gasteiger partial charge in [0.15, 0.2) is 0 Å². The highest BCUT2D eigenvalue weighted by Crippen LogP contribution is 2.55. The van der Waals surface area contributed by atoms with Crippen molar-refractivity contribution in [1.82, 2.24) is 0 Å². The van der Waals surface area contributed by atoms with Crippen LogP contribution in [0.1, 0.15) is 52.4 Å². The SMILES string of the molecule is CC(C)(C1CCC2OC2C1)C1CCC2CC1O2. The van der Waals surface area contributed by atoms with Gasteiger partial charge >= 0.3 is 0 Å². The zero-order valence-corrected chi connectivity index (χ0v) is 11.0. The lowest BCUT2D eigenvalue weighted by Gasteiger charge is -2.54. The molecule has 2 saturated carbocycles. The van der Waals surface area contributed by atoms with E-state index in [1.165, 1.54) is 38.5 Å². The third-order valence-corrected chi connectivity index (χ3v) is 6.12. The summed E-state index contributed by atoms with van der Waals surface area (Å²) in [6.07, 6.45) is 10.5. The molecule has 3 heterocycles. The molecule has 0 aromatic carbocycles. The van der Waals surface area contributed by atoms with Crippen molar-refractivity contribution in [2.75, 3.05) is 0 Å². The zero-order valence-electron chi connectivity index (χ0n) is 11.0. The zero-order chi connectivity index (χ0) is 11.6. The van der Waals surface area contributed by atoms with E-state index in [2.05, 4.69) is 13.8 Å². The van der Waals surface area contributed by atoms with Gasteiger partial charge in [0.25, 0.3) is 0 Å². The molecule has 2 heteroatoms. The van der Waals surface area contributed by atoms with Crippen molar-refractivity contribution in [2.45, 2.75) is 76.8 Å². The highest BCUT2D eigenvalue weighted by atomic mass is 16.6. The van der Waals surface area contributed by atoms with Crippen LogP contribution in [0.2, 0.25) is 0 Å². The van der Waals surface area contributed by atoms with Gasteiger partial charge in [-0.3, -0.25) is 0 Å². The third-order valence-electron chi connectivity index (χ3n) is 6.12. The summed E-state index contributed by atoms with van der Waals surface area (Å²) in [6.45, 7) is 4.99. The Morgan fingerprint density at radius 2 is 1.65 bits per heavy atom. The summed E-state index contributed by atoms with van der Waals surface area (Å²) in [5, 5.41) is 0. The van der Waals surface area contributed by atoms with E-state index in [9.17, 15) is 0 Å². The first-order chi connectivity index (χ1) is 8.14. The molecule has 0 N–H and O–H groups in total. The number of fused-ring (bicyclic) bond motifs is 3. The number of ether oxygens (including phenoxy) is 2. The average molecular weight is 236 g/mol. The van der Waals surface area contributed by atoms with E-state index >= 15 is 0 Å². The van der Waals surface area contributed by atoms with Crippen LogP contribution in [0.25, 0.3) is 0 Å². The van der Waals surface area contributed by atoms with E-state index in [1.807, 2.05) is 0 Å². The van der Waals surface area contributed by atoms with Gasteiger partial charge in [-0.25, -0.2) is 0 Å². The number of hydrogen-bond donors (Lipinski definition) is 0. The monoisotopic (exact) mass is 236 g/mol. The maximum Gasteiger partial charge on any atom is 0.0844 e. The van der Waals surface area contributed by atoms with Crippen LogP contribution in [-0.2, 0) is 9.47 Å². The minimum Gasteiger partial charge on any atom is -0.374 e. The Labute approximate surface area is 104 Å². The highest BCUT2D eigenvalue weighted by Gasteiger charge is 2.53. The molecule has 6 unspecified atom stereocenters. The van der Waals surface area contributed by atoms with Gasteiger partial charge in [0.1, 0.15) is 0 Å². The van der Waals surface area contributed by atoms with Crippen molar-refractivity contribution in [2.24, 2.45) is 17.3 Å². The first kappa shape index (κ1) is 10.8. The Morgan fingerprint density at radius 3 is 2.29 bits per heavy atom. The molecule has 0 radical (unpaired) electrons. The fourth-order valence-electron chi connectivity index (χ4n) is 4.73. The summed E-state index contributed by atoms with van der Waals surface area (Å²) in [5.74, 6) is 1.66. The van der Waals surface area contributed by atoms with Crippen LogP contribution >= 0.6 is 0 Å². The smallest absolute Gasteiger partial charge is 0.0844 e. The van der Waals surface area contributed by atoms with Crippen LogP contribution < -0.4 is 0 Å². The minimum atomic E-state index is 0.451. The molecular formula is C15H24O2. The van der Waals surface area contributed by atoms with Crippen molar-refractivity contribution in [3.8, 4) is 0 Å². The number of rotatable bonds is 2. The van der Waals surface area contributed by atoms with E-state index < -0.39 is 0 Å². The normalized spacial score (nSPS) is 52.6. The molecule has 2 aliphatic carbocycles. The predicted octanol–water partition coefficient (Wildman–Crippen LogP) is 3.15. The largest absolute Gasteiger partial charge is 0.374 e. The van der Waals surface area contributed by atoms with Gasteiger partial charge in [-0.15, -0.1) is 0 Å². The van der Waals surface area contributed by atoms with E-state index in [0.29, 0.717) is 29.8 Å². The van der Waals surface area contributed by atoms with Gasteiger partial charge in [0.05, 0.1) is 24.4 Å². The summed E-state index contributed by atoms with van der Waals surface area (Å²) < 4.78 is 11.7. The Kier molecular flexibility index (Phi) is 2.21. The Hall–Kier alpha value is -0.0800. The second-order valence-electron chi connectivity index (χ2n) is 7.26. The van der Waals surface area contributed by atoms with Crippen molar-refractivity contribution < 1.29 is 9.47 Å². The van der Waals surface area contributed by atoms with Crippen molar-refractivity contribution in [1.29, 1.82) is 0 Å². The molecule has 5 aliphatic rings. The van der Waals surface area contributed by atoms with Gasteiger partial charge in [-0.1, -0.05) is 13.8 Å². The Bertz CT molecular complexity index is 316. The van der Waals surface area contributed by atoms with Crippen LogP contribution in [0.4, 0.5) is 0 Å². The molecule has 5 rings (SSSR count). The fraction of sp³-hybridized carbons (Fsp3) is 1.00. The fourth-order valence-corrected chi connectivity index (χ4v) is 4.73. The summed E-state index contributed by atoms with van der Waals surface area (Å²) in [6, 6.07) is 0. The predicted molar refractivity (Wildman–Crippen MR) is 65.8 cm³/mol. The van der Waals surface area contributed by atoms with Gasteiger partial charge in [-0.05, 0) is 49.4 Å². The maximum absolute atomic E-state index is 5.97. The van der Waals surface area contributed by atoms with Gasteiger partial charge < -0.3 is 9.47 Å². The number of hydrogen-bond acceptors (Lipinski definition) is 2. The highest BCUT2D eigenvalue weighted by molar-refractivity contribution is 5.02. The standard InChI is InChI=1S/C15H24O2/c1-15(2,9-3-6-12-14(7-9)17-12)11-5-4-10-8-13(11)16-10/h9-14H,3-8H2,1-2H3. The van der Waals surface area contributed by atoms with Gasteiger partial charge in [-0.2, -0.15) is 0 Å². The van der Waals surface area contributed by atoms with E-state index in [1.54, 1.807) is 0 Å². The van der Waals surface area contributed by atoms with Crippen molar-refractivity contribution in [3.05, 3.63) is 0 Å². The Balaban J connectivity index is 1.49.